The monoisotopic (exact) mass is 125 g/mol. The number of halogens is 2. The summed E-state index contributed by atoms with van der Waals surface area (Å²) >= 11 is 0. The first-order valence-electron chi connectivity index (χ1n) is 2.23. The first kappa shape index (κ1) is 7.78. The van der Waals surface area contributed by atoms with Crippen LogP contribution in [0, 0.1) is 0 Å². The van der Waals surface area contributed by atoms with Gasteiger partial charge in [-0.2, -0.15) is 0 Å². The van der Waals surface area contributed by atoms with Crippen LogP contribution in [0.2, 0.25) is 0 Å². The molecule has 0 spiro atoms. The predicted octanol–water partition coefficient (Wildman–Crippen LogP) is -0.385. The van der Waals surface area contributed by atoms with Gasteiger partial charge in [-0.05, 0) is 0 Å². The third-order valence-corrected chi connectivity index (χ3v) is 0.877. The van der Waals surface area contributed by atoms with Gasteiger partial charge >= 0.3 is 0 Å². The topological polar surface area (TPSA) is 46.2 Å². The van der Waals surface area contributed by atoms with Crippen LogP contribution >= 0.6 is 0 Å². The number of aliphatic hydroxyl groups is 1. The maximum absolute atomic E-state index is 11.5. The van der Waals surface area contributed by atoms with Crippen LogP contribution in [0.25, 0.3) is 0 Å². The fourth-order valence-electron chi connectivity index (χ4n) is 0.145. The Morgan fingerprint density at radius 1 is 1.38 bits per heavy atom. The maximum Gasteiger partial charge on any atom is 0.133 e. The van der Waals surface area contributed by atoms with Crippen molar-refractivity contribution in [3.8, 4) is 0 Å². The summed E-state index contributed by atoms with van der Waals surface area (Å²) < 4.78 is 22.9. The second-order valence-electron chi connectivity index (χ2n) is 1.70. The lowest BCUT2D eigenvalue weighted by Gasteiger charge is -2.16. The van der Waals surface area contributed by atoms with E-state index in [9.17, 15) is 8.78 Å². The third kappa shape index (κ3) is 1.71. The van der Waals surface area contributed by atoms with Crippen molar-refractivity contribution in [2.45, 2.75) is 5.60 Å². The molecule has 0 heterocycles. The smallest absolute Gasteiger partial charge is 0.133 e. The van der Waals surface area contributed by atoms with Crippen LogP contribution in [-0.4, -0.2) is 30.6 Å². The van der Waals surface area contributed by atoms with E-state index in [1.807, 2.05) is 0 Å². The largest absolute Gasteiger partial charge is 0.383 e. The lowest BCUT2D eigenvalue weighted by molar-refractivity contribution is 0.00181. The van der Waals surface area contributed by atoms with Gasteiger partial charge < -0.3 is 10.8 Å². The molecule has 3 N–H and O–H groups in total. The summed E-state index contributed by atoms with van der Waals surface area (Å²) in [6.45, 7) is -2.62. The predicted molar refractivity (Wildman–Crippen MR) is 26.0 cm³/mol. The van der Waals surface area contributed by atoms with E-state index >= 15 is 0 Å². The molecule has 2 nitrogen and oxygen atoms in total. The molecular formula is C4H9F2NO. The van der Waals surface area contributed by atoms with Gasteiger partial charge in [0.2, 0.25) is 0 Å². The van der Waals surface area contributed by atoms with Gasteiger partial charge in [0.15, 0.2) is 0 Å². The summed E-state index contributed by atoms with van der Waals surface area (Å²) in [6.07, 6.45) is 0. The van der Waals surface area contributed by atoms with E-state index in [2.05, 4.69) is 0 Å². The molecule has 0 aromatic rings. The van der Waals surface area contributed by atoms with Crippen LogP contribution in [0.15, 0.2) is 0 Å². The third-order valence-electron chi connectivity index (χ3n) is 0.877. The van der Waals surface area contributed by atoms with Gasteiger partial charge in [0.1, 0.15) is 19.0 Å². The molecule has 0 radical (unpaired) electrons. The number of alkyl halides is 2. The zero-order chi connectivity index (χ0) is 6.62. The van der Waals surface area contributed by atoms with Crippen molar-refractivity contribution in [1.82, 2.24) is 0 Å². The van der Waals surface area contributed by atoms with Gasteiger partial charge in [-0.15, -0.1) is 0 Å². The van der Waals surface area contributed by atoms with E-state index < -0.39 is 19.0 Å². The fraction of sp³-hybridized carbons (Fsp3) is 1.00. The van der Waals surface area contributed by atoms with Crippen LogP contribution in [-0.2, 0) is 0 Å². The average Bonchev–Trinajstić information content (AvgIpc) is 1.87. The number of nitrogens with two attached hydrogens (primary N) is 1. The zero-order valence-corrected chi connectivity index (χ0v) is 4.40. The van der Waals surface area contributed by atoms with Crippen LogP contribution in [0.5, 0.6) is 0 Å². The van der Waals surface area contributed by atoms with Crippen molar-refractivity contribution < 1.29 is 13.9 Å². The SMILES string of the molecule is NCC(O)(CF)CF. The van der Waals surface area contributed by atoms with Crippen LogP contribution in [0.4, 0.5) is 8.78 Å². The van der Waals surface area contributed by atoms with Crippen molar-refractivity contribution in [3.63, 3.8) is 0 Å². The molecule has 0 aliphatic heterocycles. The Labute approximate surface area is 46.3 Å². The quantitative estimate of drug-likeness (QED) is 0.540. The molecule has 0 saturated heterocycles. The van der Waals surface area contributed by atoms with Crippen molar-refractivity contribution in [3.05, 3.63) is 0 Å². The normalized spacial score (nSPS) is 12.0. The maximum atomic E-state index is 11.5. The fourth-order valence-corrected chi connectivity index (χ4v) is 0.145. The summed E-state index contributed by atoms with van der Waals surface area (Å²) in [5.41, 5.74) is 2.87. The molecule has 50 valence electrons. The van der Waals surface area contributed by atoms with Crippen LogP contribution in [0.3, 0.4) is 0 Å². The number of hydrogen-bond donors (Lipinski definition) is 2. The van der Waals surface area contributed by atoms with Gasteiger partial charge in [-0.3, -0.25) is 0 Å². The molecule has 0 aromatic heterocycles. The number of rotatable bonds is 3. The summed E-state index contributed by atoms with van der Waals surface area (Å²) in [4.78, 5) is 0. The van der Waals surface area contributed by atoms with Crippen molar-refractivity contribution in [2.75, 3.05) is 19.9 Å². The molecule has 4 heteroatoms. The Morgan fingerprint density at radius 3 is 1.75 bits per heavy atom. The molecule has 0 aliphatic rings. The minimum absolute atomic E-state index is 0.375. The lowest BCUT2D eigenvalue weighted by atomic mass is 10.1. The van der Waals surface area contributed by atoms with Crippen molar-refractivity contribution in [1.29, 1.82) is 0 Å². The van der Waals surface area contributed by atoms with Crippen molar-refractivity contribution >= 4 is 0 Å². The molecule has 0 saturated carbocycles. The standard InChI is InChI=1S/C4H9F2NO/c5-1-4(8,2-6)3-7/h8H,1-3,7H2. The van der Waals surface area contributed by atoms with E-state index in [-0.39, 0.29) is 6.54 Å². The second kappa shape index (κ2) is 2.94. The molecule has 0 unspecified atom stereocenters. The Morgan fingerprint density at radius 2 is 1.75 bits per heavy atom. The molecule has 0 rings (SSSR count). The Balaban J connectivity index is 3.58. The van der Waals surface area contributed by atoms with Gasteiger partial charge in [-0.1, -0.05) is 0 Å². The minimum Gasteiger partial charge on any atom is -0.383 e. The highest BCUT2D eigenvalue weighted by molar-refractivity contribution is 4.76. The Kier molecular flexibility index (Phi) is 2.86. The van der Waals surface area contributed by atoms with Crippen LogP contribution in [0.1, 0.15) is 0 Å². The highest BCUT2D eigenvalue weighted by Crippen LogP contribution is 2.02. The molecule has 0 aromatic carbocycles. The van der Waals surface area contributed by atoms with Gasteiger partial charge in [0.05, 0.1) is 0 Å². The molecule has 0 atom stereocenters. The van der Waals surface area contributed by atoms with Gasteiger partial charge in [0, 0.05) is 6.54 Å². The zero-order valence-electron chi connectivity index (χ0n) is 4.40. The molecular weight excluding hydrogens is 116 g/mol. The molecule has 0 bridgehead atoms. The number of hydrogen-bond acceptors (Lipinski definition) is 2. The summed E-state index contributed by atoms with van der Waals surface area (Å²) in [5, 5.41) is 8.56. The van der Waals surface area contributed by atoms with E-state index in [0.717, 1.165) is 0 Å². The minimum atomic E-state index is -1.93. The van der Waals surface area contributed by atoms with E-state index in [1.54, 1.807) is 0 Å². The van der Waals surface area contributed by atoms with E-state index in [1.165, 1.54) is 0 Å². The molecule has 8 heavy (non-hydrogen) atoms. The Bertz CT molecular complexity index is 56.8. The Hall–Kier alpha value is -0.220. The molecule has 0 fully saturated rings. The highest BCUT2D eigenvalue weighted by atomic mass is 19.1. The molecule has 0 aliphatic carbocycles. The van der Waals surface area contributed by atoms with E-state index in [4.69, 9.17) is 10.8 Å². The van der Waals surface area contributed by atoms with Gasteiger partial charge in [-0.25, -0.2) is 8.78 Å². The summed E-state index contributed by atoms with van der Waals surface area (Å²) in [6, 6.07) is 0. The van der Waals surface area contributed by atoms with E-state index in [0.29, 0.717) is 0 Å². The first-order valence-corrected chi connectivity index (χ1v) is 2.23. The second-order valence-corrected chi connectivity index (χ2v) is 1.70. The summed E-state index contributed by atoms with van der Waals surface area (Å²) in [7, 11) is 0. The van der Waals surface area contributed by atoms with Crippen molar-refractivity contribution in [2.24, 2.45) is 5.73 Å². The lowest BCUT2D eigenvalue weighted by Crippen LogP contribution is -2.42. The molecule has 0 amide bonds. The average molecular weight is 125 g/mol. The highest BCUT2D eigenvalue weighted by Gasteiger charge is 2.24. The first-order chi connectivity index (χ1) is 3.68. The van der Waals surface area contributed by atoms with Gasteiger partial charge in [0.25, 0.3) is 0 Å². The van der Waals surface area contributed by atoms with Crippen LogP contribution < -0.4 is 5.73 Å². The summed E-state index contributed by atoms with van der Waals surface area (Å²) in [5.74, 6) is 0.